The molecular weight excluding hydrogens is 232 g/mol. The van der Waals surface area contributed by atoms with Gasteiger partial charge in [-0.2, -0.15) is 0 Å². The van der Waals surface area contributed by atoms with E-state index >= 15 is 0 Å². The first-order valence-electron chi connectivity index (χ1n) is 5.74. The normalized spacial score (nSPS) is 10.2. The molecule has 2 heteroatoms. The Morgan fingerprint density at radius 3 is 2.53 bits per heavy atom. The summed E-state index contributed by atoms with van der Waals surface area (Å²) < 4.78 is 5.73. The molecule has 0 saturated carbocycles. The predicted octanol–water partition coefficient (Wildman–Crippen LogP) is 4.48. The molecule has 2 aromatic rings. The van der Waals surface area contributed by atoms with E-state index in [4.69, 9.17) is 16.3 Å². The van der Waals surface area contributed by atoms with E-state index in [1.165, 1.54) is 5.56 Å². The summed E-state index contributed by atoms with van der Waals surface area (Å²) in [6, 6.07) is 15.9. The van der Waals surface area contributed by atoms with Crippen LogP contribution >= 0.6 is 11.6 Å². The molecular formula is C15H15ClO. The van der Waals surface area contributed by atoms with Crippen LogP contribution in [-0.4, -0.2) is 0 Å². The molecule has 0 bridgehead atoms. The van der Waals surface area contributed by atoms with Gasteiger partial charge in [0, 0.05) is 5.02 Å². The average molecular weight is 247 g/mol. The van der Waals surface area contributed by atoms with Gasteiger partial charge in [-0.05, 0) is 41.8 Å². The highest BCUT2D eigenvalue weighted by molar-refractivity contribution is 6.30. The summed E-state index contributed by atoms with van der Waals surface area (Å²) in [7, 11) is 0. The van der Waals surface area contributed by atoms with Crippen molar-refractivity contribution in [1.82, 2.24) is 0 Å². The zero-order valence-electron chi connectivity index (χ0n) is 9.82. The van der Waals surface area contributed by atoms with Crippen LogP contribution < -0.4 is 4.74 Å². The number of halogens is 1. The van der Waals surface area contributed by atoms with Gasteiger partial charge in [0.1, 0.15) is 12.4 Å². The molecule has 0 heterocycles. The minimum atomic E-state index is 0.549. The molecule has 0 radical (unpaired) electrons. The maximum absolute atomic E-state index is 5.92. The molecule has 0 aliphatic rings. The Bertz CT molecular complexity index is 494. The highest BCUT2D eigenvalue weighted by Gasteiger charge is 1.98. The van der Waals surface area contributed by atoms with E-state index in [-0.39, 0.29) is 0 Å². The summed E-state index contributed by atoms with van der Waals surface area (Å²) in [6.07, 6.45) is 1.02. The summed E-state index contributed by atoms with van der Waals surface area (Å²) in [5.74, 6) is 0.907. The number of aryl methyl sites for hydroxylation is 1. The molecule has 2 rings (SSSR count). The van der Waals surface area contributed by atoms with Crippen LogP contribution in [0, 0.1) is 0 Å². The molecule has 0 spiro atoms. The van der Waals surface area contributed by atoms with E-state index in [1.807, 2.05) is 36.4 Å². The van der Waals surface area contributed by atoms with Gasteiger partial charge in [-0.1, -0.05) is 42.8 Å². The van der Waals surface area contributed by atoms with Gasteiger partial charge in [-0.3, -0.25) is 0 Å². The molecule has 0 saturated heterocycles. The van der Waals surface area contributed by atoms with Crippen molar-refractivity contribution >= 4 is 11.6 Å². The first kappa shape index (κ1) is 12.0. The van der Waals surface area contributed by atoms with Crippen molar-refractivity contribution in [2.75, 3.05) is 0 Å². The molecule has 0 N–H and O–H groups in total. The second-order valence-corrected chi connectivity index (χ2v) is 4.36. The first-order valence-corrected chi connectivity index (χ1v) is 6.12. The minimum Gasteiger partial charge on any atom is -0.489 e. The van der Waals surface area contributed by atoms with E-state index in [0.29, 0.717) is 6.61 Å². The lowest BCUT2D eigenvalue weighted by Crippen LogP contribution is -1.95. The number of hydrogen-bond acceptors (Lipinski definition) is 1. The van der Waals surface area contributed by atoms with Crippen molar-refractivity contribution in [3.8, 4) is 5.75 Å². The van der Waals surface area contributed by atoms with Crippen LogP contribution in [0.5, 0.6) is 5.75 Å². The van der Waals surface area contributed by atoms with Crippen molar-refractivity contribution in [2.45, 2.75) is 20.0 Å². The zero-order valence-corrected chi connectivity index (χ0v) is 10.6. The topological polar surface area (TPSA) is 9.23 Å². The van der Waals surface area contributed by atoms with Gasteiger partial charge in [0.25, 0.3) is 0 Å². The summed E-state index contributed by atoms with van der Waals surface area (Å²) in [4.78, 5) is 0. The van der Waals surface area contributed by atoms with E-state index in [2.05, 4.69) is 19.1 Å². The third-order valence-electron chi connectivity index (χ3n) is 2.60. The van der Waals surface area contributed by atoms with Gasteiger partial charge >= 0.3 is 0 Å². The van der Waals surface area contributed by atoms with Crippen molar-refractivity contribution in [2.24, 2.45) is 0 Å². The van der Waals surface area contributed by atoms with Gasteiger partial charge < -0.3 is 4.74 Å². The Balaban J connectivity index is 2.02. The lowest BCUT2D eigenvalue weighted by atomic mass is 10.2. The van der Waals surface area contributed by atoms with Crippen molar-refractivity contribution < 1.29 is 4.74 Å². The molecule has 0 amide bonds. The third-order valence-corrected chi connectivity index (χ3v) is 2.84. The van der Waals surface area contributed by atoms with Crippen molar-refractivity contribution in [1.29, 1.82) is 0 Å². The average Bonchev–Trinajstić information content (AvgIpc) is 2.37. The molecule has 17 heavy (non-hydrogen) atoms. The van der Waals surface area contributed by atoms with Gasteiger partial charge in [0.15, 0.2) is 0 Å². The molecule has 0 aliphatic carbocycles. The van der Waals surface area contributed by atoms with Crippen LogP contribution in [-0.2, 0) is 13.0 Å². The number of benzene rings is 2. The van der Waals surface area contributed by atoms with E-state index in [0.717, 1.165) is 22.8 Å². The molecule has 88 valence electrons. The second-order valence-electron chi connectivity index (χ2n) is 3.92. The largest absolute Gasteiger partial charge is 0.489 e. The lowest BCUT2D eigenvalue weighted by molar-refractivity contribution is 0.306. The SMILES string of the molecule is CCc1cccc(OCc2cccc(Cl)c2)c1. The quantitative estimate of drug-likeness (QED) is 0.773. The van der Waals surface area contributed by atoms with Gasteiger partial charge in [-0.25, -0.2) is 0 Å². The van der Waals surface area contributed by atoms with Crippen LogP contribution in [0.3, 0.4) is 0 Å². The smallest absolute Gasteiger partial charge is 0.120 e. The van der Waals surface area contributed by atoms with E-state index in [9.17, 15) is 0 Å². The molecule has 0 atom stereocenters. The predicted molar refractivity (Wildman–Crippen MR) is 71.6 cm³/mol. The fourth-order valence-electron chi connectivity index (χ4n) is 1.65. The third kappa shape index (κ3) is 3.50. The molecule has 0 aliphatic heterocycles. The Kier molecular flexibility index (Phi) is 4.05. The highest BCUT2D eigenvalue weighted by Crippen LogP contribution is 2.17. The van der Waals surface area contributed by atoms with Crippen LogP contribution in [0.1, 0.15) is 18.1 Å². The van der Waals surface area contributed by atoms with Crippen molar-refractivity contribution in [3.05, 3.63) is 64.7 Å². The first-order chi connectivity index (χ1) is 8.28. The minimum absolute atomic E-state index is 0.549. The van der Waals surface area contributed by atoms with Crippen LogP contribution in [0.4, 0.5) is 0 Å². The van der Waals surface area contributed by atoms with Gasteiger partial charge in [0.05, 0.1) is 0 Å². The van der Waals surface area contributed by atoms with Crippen LogP contribution in [0.25, 0.3) is 0 Å². The van der Waals surface area contributed by atoms with Crippen LogP contribution in [0.2, 0.25) is 5.02 Å². The maximum Gasteiger partial charge on any atom is 0.120 e. The summed E-state index contributed by atoms with van der Waals surface area (Å²) >= 11 is 5.92. The number of hydrogen-bond donors (Lipinski definition) is 0. The summed E-state index contributed by atoms with van der Waals surface area (Å²) in [5.41, 5.74) is 2.37. The number of ether oxygens (including phenoxy) is 1. The lowest BCUT2D eigenvalue weighted by Gasteiger charge is -2.07. The molecule has 1 nitrogen and oxygen atoms in total. The fraction of sp³-hybridized carbons (Fsp3) is 0.200. The Labute approximate surface area is 107 Å². The number of rotatable bonds is 4. The Morgan fingerprint density at radius 1 is 1.00 bits per heavy atom. The van der Waals surface area contributed by atoms with Crippen LogP contribution in [0.15, 0.2) is 48.5 Å². The highest BCUT2D eigenvalue weighted by atomic mass is 35.5. The van der Waals surface area contributed by atoms with E-state index < -0.39 is 0 Å². The molecule has 0 unspecified atom stereocenters. The second kappa shape index (κ2) is 5.74. The fourth-order valence-corrected chi connectivity index (χ4v) is 1.86. The van der Waals surface area contributed by atoms with Gasteiger partial charge in [-0.15, -0.1) is 0 Å². The monoisotopic (exact) mass is 246 g/mol. The molecule has 0 fully saturated rings. The molecule has 2 aromatic carbocycles. The standard InChI is InChI=1S/C15H15ClO/c1-2-12-5-4-8-15(10-12)17-11-13-6-3-7-14(16)9-13/h3-10H,2,11H2,1H3. The summed E-state index contributed by atoms with van der Waals surface area (Å²) in [6.45, 7) is 2.68. The Hall–Kier alpha value is -1.47. The molecule has 0 aromatic heterocycles. The zero-order chi connectivity index (χ0) is 12.1. The van der Waals surface area contributed by atoms with E-state index in [1.54, 1.807) is 0 Å². The summed E-state index contributed by atoms with van der Waals surface area (Å²) in [5, 5.41) is 0.744. The Morgan fingerprint density at radius 2 is 1.76 bits per heavy atom. The van der Waals surface area contributed by atoms with Gasteiger partial charge in [0.2, 0.25) is 0 Å². The maximum atomic E-state index is 5.92. The van der Waals surface area contributed by atoms with Crippen molar-refractivity contribution in [3.63, 3.8) is 0 Å².